The average Bonchev–Trinajstić information content (AvgIpc) is 2.36. The van der Waals surface area contributed by atoms with Gasteiger partial charge in [0.2, 0.25) is 0 Å². The Morgan fingerprint density at radius 3 is 2.81 bits per heavy atom. The molecule has 1 aromatic rings. The van der Waals surface area contributed by atoms with Crippen LogP contribution in [0.5, 0.6) is 5.75 Å². The highest BCUT2D eigenvalue weighted by Crippen LogP contribution is 2.28. The monoisotopic (exact) mass is 336 g/mol. The maximum absolute atomic E-state index is 12.9. The molecule has 0 bridgehead atoms. The number of nitrogens with two attached hydrogens (primary N) is 1. The Balaban J connectivity index is 0.00000220. The molecule has 1 aliphatic heterocycles. The van der Waals surface area contributed by atoms with Gasteiger partial charge in [-0.25, -0.2) is 4.39 Å². The molecule has 0 radical (unpaired) electrons. The van der Waals surface area contributed by atoms with Crippen molar-refractivity contribution in [1.82, 2.24) is 4.90 Å². The van der Waals surface area contributed by atoms with Gasteiger partial charge in [-0.05, 0) is 36.6 Å². The van der Waals surface area contributed by atoms with Crippen molar-refractivity contribution < 1.29 is 9.13 Å². The van der Waals surface area contributed by atoms with Crippen LogP contribution in [0.4, 0.5) is 4.39 Å². The first-order chi connectivity index (χ1) is 9.38. The van der Waals surface area contributed by atoms with Gasteiger partial charge < -0.3 is 10.5 Å². The molecule has 2 N–H and O–H groups in total. The van der Waals surface area contributed by atoms with Crippen LogP contribution in [0.1, 0.15) is 20.3 Å². The van der Waals surface area contributed by atoms with Crippen LogP contribution >= 0.6 is 24.0 Å². The van der Waals surface area contributed by atoms with Crippen LogP contribution in [0, 0.1) is 11.2 Å². The lowest BCUT2D eigenvalue weighted by atomic mass is 9.80. The van der Waals surface area contributed by atoms with E-state index >= 15 is 0 Å². The molecule has 1 atom stereocenters. The molecule has 0 aromatic heterocycles. The van der Waals surface area contributed by atoms with Gasteiger partial charge in [0.1, 0.15) is 18.2 Å². The SMILES string of the molecule is CC1(C)CN(CCOc2ccc(F)cc2Cl)CCC1N.Cl. The van der Waals surface area contributed by atoms with E-state index in [1.54, 1.807) is 6.07 Å². The van der Waals surface area contributed by atoms with E-state index in [2.05, 4.69) is 18.7 Å². The second-order valence-electron chi connectivity index (χ2n) is 6.08. The van der Waals surface area contributed by atoms with Crippen LogP contribution < -0.4 is 10.5 Å². The first kappa shape index (κ1) is 18.5. The first-order valence-corrected chi connectivity index (χ1v) is 7.32. The maximum Gasteiger partial charge on any atom is 0.138 e. The molecule has 1 heterocycles. The highest BCUT2D eigenvalue weighted by molar-refractivity contribution is 6.32. The molecule has 0 aliphatic carbocycles. The van der Waals surface area contributed by atoms with E-state index in [1.807, 2.05) is 0 Å². The number of benzene rings is 1. The molecule has 6 heteroatoms. The molecule has 1 fully saturated rings. The zero-order valence-electron chi connectivity index (χ0n) is 12.4. The predicted octanol–water partition coefficient (Wildman–Crippen LogP) is 3.34. The largest absolute Gasteiger partial charge is 0.491 e. The second-order valence-corrected chi connectivity index (χ2v) is 6.49. The van der Waals surface area contributed by atoms with E-state index in [-0.39, 0.29) is 29.7 Å². The van der Waals surface area contributed by atoms with Gasteiger partial charge in [0.05, 0.1) is 5.02 Å². The summed E-state index contributed by atoms with van der Waals surface area (Å²) in [6.07, 6.45) is 1.00. The first-order valence-electron chi connectivity index (χ1n) is 6.94. The summed E-state index contributed by atoms with van der Waals surface area (Å²) in [5.41, 5.74) is 6.25. The quantitative estimate of drug-likeness (QED) is 0.916. The van der Waals surface area contributed by atoms with E-state index < -0.39 is 0 Å². The van der Waals surface area contributed by atoms with Crippen LogP contribution in [0.2, 0.25) is 5.02 Å². The third-order valence-corrected chi connectivity index (χ3v) is 4.25. The molecular weight excluding hydrogens is 314 g/mol. The molecule has 2 rings (SSSR count). The Labute approximate surface area is 137 Å². The number of ether oxygens (including phenoxy) is 1. The summed E-state index contributed by atoms with van der Waals surface area (Å²) in [5, 5.41) is 0.311. The minimum Gasteiger partial charge on any atom is -0.491 e. The molecule has 3 nitrogen and oxygen atoms in total. The zero-order chi connectivity index (χ0) is 14.8. The van der Waals surface area contributed by atoms with Crippen LogP contribution in [0.3, 0.4) is 0 Å². The number of hydrogen-bond donors (Lipinski definition) is 1. The van der Waals surface area contributed by atoms with E-state index in [0.29, 0.717) is 17.4 Å². The Morgan fingerprint density at radius 2 is 2.19 bits per heavy atom. The second kappa shape index (κ2) is 7.63. The molecule has 0 amide bonds. The molecule has 1 saturated heterocycles. The zero-order valence-corrected chi connectivity index (χ0v) is 14.0. The van der Waals surface area contributed by atoms with Gasteiger partial charge in [-0.1, -0.05) is 25.4 Å². The highest BCUT2D eigenvalue weighted by Gasteiger charge is 2.33. The summed E-state index contributed by atoms with van der Waals surface area (Å²) >= 11 is 5.92. The maximum atomic E-state index is 12.9. The molecule has 21 heavy (non-hydrogen) atoms. The van der Waals surface area contributed by atoms with Gasteiger partial charge in [0.25, 0.3) is 0 Å². The van der Waals surface area contributed by atoms with Gasteiger partial charge in [-0.2, -0.15) is 0 Å². The van der Waals surface area contributed by atoms with Gasteiger partial charge in [0, 0.05) is 19.1 Å². The summed E-state index contributed by atoms with van der Waals surface area (Å²) in [6, 6.07) is 4.43. The van der Waals surface area contributed by atoms with Crippen molar-refractivity contribution in [3.05, 3.63) is 29.0 Å². The van der Waals surface area contributed by atoms with Gasteiger partial charge >= 0.3 is 0 Å². The predicted molar refractivity (Wildman–Crippen MR) is 87.0 cm³/mol. The molecule has 120 valence electrons. The topological polar surface area (TPSA) is 38.5 Å². The van der Waals surface area contributed by atoms with Crippen molar-refractivity contribution in [2.75, 3.05) is 26.2 Å². The normalized spacial score (nSPS) is 21.7. The fourth-order valence-corrected chi connectivity index (χ4v) is 2.77. The van der Waals surface area contributed by atoms with Crippen molar-refractivity contribution >= 4 is 24.0 Å². The fraction of sp³-hybridized carbons (Fsp3) is 0.600. The van der Waals surface area contributed by atoms with E-state index in [4.69, 9.17) is 22.1 Å². The lowest BCUT2D eigenvalue weighted by Gasteiger charge is -2.42. The molecule has 0 spiro atoms. The van der Waals surface area contributed by atoms with Crippen molar-refractivity contribution in [2.24, 2.45) is 11.1 Å². The third kappa shape index (κ3) is 4.99. The Morgan fingerprint density at radius 1 is 1.48 bits per heavy atom. The average molecular weight is 337 g/mol. The van der Waals surface area contributed by atoms with Crippen molar-refractivity contribution in [3.8, 4) is 5.75 Å². The molecule has 1 aliphatic rings. The standard InChI is InChI=1S/C15H22ClFN2O.ClH/c1-15(2)10-19(6-5-14(15)18)7-8-20-13-4-3-11(17)9-12(13)16;/h3-4,9,14H,5-8,10,18H2,1-2H3;1H. The van der Waals surface area contributed by atoms with Crippen LogP contribution in [0.15, 0.2) is 18.2 Å². The lowest BCUT2D eigenvalue weighted by Crippen LogP contribution is -2.53. The number of nitrogens with zero attached hydrogens (tertiary/aromatic N) is 1. The summed E-state index contributed by atoms with van der Waals surface area (Å²) in [7, 11) is 0. The number of likely N-dealkylation sites (tertiary alicyclic amines) is 1. The van der Waals surface area contributed by atoms with E-state index in [9.17, 15) is 4.39 Å². The van der Waals surface area contributed by atoms with E-state index in [1.165, 1.54) is 12.1 Å². The molecule has 1 unspecified atom stereocenters. The molecular formula is C15H23Cl2FN2O. The van der Waals surface area contributed by atoms with Crippen molar-refractivity contribution in [3.63, 3.8) is 0 Å². The van der Waals surface area contributed by atoms with Crippen molar-refractivity contribution in [1.29, 1.82) is 0 Å². The third-order valence-electron chi connectivity index (χ3n) is 3.95. The van der Waals surface area contributed by atoms with E-state index in [0.717, 1.165) is 26.1 Å². The Bertz CT molecular complexity index is 471. The Kier molecular flexibility index (Phi) is 6.72. The summed E-state index contributed by atoms with van der Waals surface area (Å²) in [4.78, 5) is 2.35. The Hall–Kier alpha value is -0.550. The fourth-order valence-electron chi connectivity index (χ4n) is 2.55. The van der Waals surface area contributed by atoms with Crippen LogP contribution in [0.25, 0.3) is 0 Å². The highest BCUT2D eigenvalue weighted by atomic mass is 35.5. The summed E-state index contributed by atoms with van der Waals surface area (Å²) in [6.45, 7) is 7.71. The van der Waals surface area contributed by atoms with Crippen molar-refractivity contribution in [2.45, 2.75) is 26.3 Å². The number of halogens is 3. The minimum atomic E-state index is -0.353. The van der Waals surface area contributed by atoms with Gasteiger partial charge in [-0.3, -0.25) is 4.90 Å². The minimum absolute atomic E-state index is 0. The number of rotatable bonds is 4. The number of piperidine rings is 1. The van der Waals surface area contributed by atoms with Gasteiger partial charge in [-0.15, -0.1) is 12.4 Å². The lowest BCUT2D eigenvalue weighted by molar-refractivity contribution is 0.0831. The molecule has 1 aromatic carbocycles. The van der Waals surface area contributed by atoms with Crippen LogP contribution in [-0.2, 0) is 0 Å². The summed E-state index contributed by atoms with van der Waals surface area (Å²) in [5.74, 6) is 0.176. The molecule has 0 saturated carbocycles. The smallest absolute Gasteiger partial charge is 0.138 e. The number of hydrogen-bond acceptors (Lipinski definition) is 3. The van der Waals surface area contributed by atoms with Gasteiger partial charge in [0.15, 0.2) is 0 Å². The summed E-state index contributed by atoms with van der Waals surface area (Å²) < 4.78 is 18.5. The van der Waals surface area contributed by atoms with Crippen LogP contribution in [-0.4, -0.2) is 37.2 Å².